The zero-order chi connectivity index (χ0) is 25.4. The summed E-state index contributed by atoms with van der Waals surface area (Å²) in [7, 11) is 1.87. The second-order valence-corrected chi connectivity index (χ2v) is 9.39. The number of nitrogens with zero attached hydrogens (tertiary/aromatic N) is 8. The Morgan fingerprint density at radius 2 is 1.81 bits per heavy atom. The number of aryl methyl sites for hydroxylation is 1. The van der Waals surface area contributed by atoms with Crippen LogP contribution in [0.2, 0.25) is 0 Å². The molecule has 0 aliphatic carbocycles. The van der Waals surface area contributed by atoms with E-state index in [1.807, 2.05) is 55.8 Å². The number of imidazole rings is 1. The van der Waals surface area contributed by atoms with E-state index in [4.69, 9.17) is 4.98 Å². The fourth-order valence-electron chi connectivity index (χ4n) is 4.49. The SMILES string of the molecule is CC(C)[C@H](O)C(=O)N1CCN(c2ccc(-c3cc(-c4cnn(C)c4)cc4ncc(C#N)n34)cn2)CC1. The minimum atomic E-state index is -0.963. The first-order chi connectivity index (χ1) is 17.4. The maximum absolute atomic E-state index is 12.5. The van der Waals surface area contributed by atoms with Crippen LogP contribution in [0, 0.1) is 17.2 Å². The summed E-state index contributed by atoms with van der Waals surface area (Å²) in [5, 5.41) is 24.0. The minimum absolute atomic E-state index is 0.107. The highest BCUT2D eigenvalue weighted by molar-refractivity contribution is 5.81. The average Bonchev–Trinajstić information content (AvgIpc) is 3.53. The number of aliphatic hydroxyl groups excluding tert-OH is 1. The third kappa shape index (κ3) is 4.29. The van der Waals surface area contributed by atoms with E-state index < -0.39 is 6.10 Å². The fraction of sp³-hybridized carbons (Fsp3) is 0.346. The van der Waals surface area contributed by atoms with Gasteiger partial charge >= 0.3 is 0 Å². The van der Waals surface area contributed by atoms with Crippen LogP contribution in [0.1, 0.15) is 19.5 Å². The smallest absolute Gasteiger partial charge is 0.251 e. The third-order valence-corrected chi connectivity index (χ3v) is 6.60. The van der Waals surface area contributed by atoms with Gasteiger partial charge < -0.3 is 14.9 Å². The van der Waals surface area contributed by atoms with Crippen LogP contribution in [0.5, 0.6) is 0 Å². The number of fused-ring (bicyclic) bond motifs is 1. The van der Waals surface area contributed by atoms with Gasteiger partial charge in [0.25, 0.3) is 5.91 Å². The van der Waals surface area contributed by atoms with Crippen LogP contribution in [-0.2, 0) is 11.8 Å². The molecule has 10 nitrogen and oxygen atoms in total. The van der Waals surface area contributed by atoms with E-state index in [1.54, 1.807) is 28.2 Å². The van der Waals surface area contributed by atoms with Gasteiger partial charge in [-0.3, -0.25) is 13.9 Å². The molecule has 1 amide bonds. The number of hydrogen-bond donors (Lipinski definition) is 1. The molecule has 4 aromatic rings. The summed E-state index contributed by atoms with van der Waals surface area (Å²) < 4.78 is 3.58. The molecule has 0 unspecified atom stereocenters. The Morgan fingerprint density at radius 1 is 1.03 bits per heavy atom. The molecule has 4 aromatic heterocycles. The summed E-state index contributed by atoms with van der Waals surface area (Å²) in [5.41, 5.74) is 4.72. The van der Waals surface area contributed by atoms with E-state index in [1.165, 1.54) is 0 Å². The average molecular weight is 485 g/mol. The van der Waals surface area contributed by atoms with Crippen LogP contribution in [-0.4, -0.2) is 72.3 Å². The van der Waals surface area contributed by atoms with Crippen molar-refractivity contribution in [2.24, 2.45) is 13.0 Å². The number of carbonyl (C=O) groups excluding carboxylic acids is 1. The molecule has 36 heavy (non-hydrogen) atoms. The zero-order valence-electron chi connectivity index (χ0n) is 20.5. The standard InChI is InChI=1S/C26H28N8O2/c1-17(2)25(35)26(36)33-8-6-32(7-9-33)23-5-4-18(13-28-23)22-10-19(20-14-30-31(3)16-20)11-24-29-15-21(12-27)34(22)24/h4-5,10-11,13-17,25,35H,6-9H2,1-3H3/t25-/m0/s1. The van der Waals surface area contributed by atoms with Crippen molar-refractivity contribution in [3.63, 3.8) is 0 Å². The second kappa shape index (κ2) is 9.43. The van der Waals surface area contributed by atoms with Crippen LogP contribution in [0.25, 0.3) is 28.0 Å². The fourth-order valence-corrected chi connectivity index (χ4v) is 4.49. The van der Waals surface area contributed by atoms with E-state index in [0.717, 1.165) is 28.2 Å². The van der Waals surface area contributed by atoms with Gasteiger partial charge in [-0.25, -0.2) is 9.97 Å². The Hall–Kier alpha value is -4.23. The summed E-state index contributed by atoms with van der Waals surface area (Å²) in [4.78, 5) is 25.5. The van der Waals surface area contributed by atoms with Crippen molar-refractivity contribution in [2.75, 3.05) is 31.1 Å². The Labute approximate surface area is 209 Å². The molecule has 0 bridgehead atoms. The number of amides is 1. The Morgan fingerprint density at radius 3 is 2.42 bits per heavy atom. The van der Waals surface area contributed by atoms with Crippen LogP contribution in [0.3, 0.4) is 0 Å². The predicted molar refractivity (Wildman–Crippen MR) is 135 cm³/mol. The zero-order valence-corrected chi connectivity index (χ0v) is 20.5. The normalized spacial score (nSPS) is 14.9. The number of rotatable bonds is 5. The van der Waals surface area contributed by atoms with Crippen LogP contribution in [0.15, 0.2) is 49.1 Å². The van der Waals surface area contributed by atoms with E-state index in [2.05, 4.69) is 21.1 Å². The van der Waals surface area contributed by atoms with Gasteiger partial charge in [0.05, 0.1) is 18.1 Å². The number of hydrogen-bond acceptors (Lipinski definition) is 7. The molecule has 1 saturated heterocycles. The maximum Gasteiger partial charge on any atom is 0.251 e. The lowest BCUT2D eigenvalue weighted by Gasteiger charge is -2.36. The molecule has 184 valence electrons. The van der Waals surface area contributed by atoms with Crippen molar-refractivity contribution in [3.8, 4) is 28.5 Å². The first kappa shape index (κ1) is 23.5. The van der Waals surface area contributed by atoms with Crippen molar-refractivity contribution < 1.29 is 9.90 Å². The maximum atomic E-state index is 12.5. The molecule has 5 rings (SSSR count). The number of aromatic nitrogens is 5. The topological polar surface area (TPSA) is 116 Å². The Bertz CT molecular complexity index is 1440. The van der Waals surface area contributed by atoms with Gasteiger partial charge in [-0.1, -0.05) is 13.8 Å². The Balaban J connectivity index is 1.41. The van der Waals surface area contributed by atoms with Gasteiger partial charge in [-0.05, 0) is 35.7 Å². The lowest BCUT2D eigenvalue weighted by Crippen LogP contribution is -2.52. The highest BCUT2D eigenvalue weighted by Gasteiger charge is 2.28. The number of pyridine rings is 2. The molecular formula is C26H28N8O2. The molecule has 5 heterocycles. The lowest BCUT2D eigenvalue weighted by atomic mass is 10.1. The highest BCUT2D eigenvalue weighted by Crippen LogP contribution is 2.30. The van der Waals surface area contributed by atoms with Gasteiger partial charge in [0.15, 0.2) is 0 Å². The quantitative estimate of drug-likeness (QED) is 0.462. The van der Waals surface area contributed by atoms with Crippen LogP contribution < -0.4 is 4.90 Å². The molecule has 0 aromatic carbocycles. The van der Waals surface area contributed by atoms with Crippen LogP contribution >= 0.6 is 0 Å². The number of anilines is 1. The van der Waals surface area contributed by atoms with Gasteiger partial charge in [-0.15, -0.1) is 0 Å². The molecule has 1 aliphatic rings. The lowest BCUT2D eigenvalue weighted by molar-refractivity contribution is -0.142. The monoisotopic (exact) mass is 484 g/mol. The van der Waals surface area contributed by atoms with E-state index in [-0.39, 0.29) is 11.8 Å². The molecule has 0 spiro atoms. The molecule has 10 heteroatoms. The first-order valence-corrected chi connectivity index (χ1v) is 11.9. The first-order valence-electron chi connectivity index (χ1n) is 11.9. The largest absolute Gasteiger partial charge is 0.383 e. The van der Waals surface area contributed by atoms with Gasteiger partial charge in [0, 0.05) is 56.7 Å². The summed E-state index contributed by atoms with van der Waals surface area (Å²) in [6.45, 7) is 6.05. The van der Waals surface area contributed by atoms with Crippen molar-refractivity contribution in [3.05, 3.63) is 54.7 Å². The summed E-state index contributed by atoms with van der Waals surface area (Å²) in [6.07, 6.45) is 6.16. The molecule has 0 radical (unpaired) electrons. The number of piperazine rings is 1. The molecule has 1 aliphatic heterocycles. The predicted octanol–water partition coefficient (Wildman–Crippen LogP) is 2.33. The van der Waals surface area contributed by atoms with Crippen LogP contribution in [0.4, 0.5) is 5.82 Å². The highest BCUT2D eigenvalue weighted by atomic mass is 16.3. The summed E-state index contributed by atoms with van der Waals surface area (Å²) >= 11 is 0. The van der Waals surface area contributed by atoms with Crippen molar-refractivity contribution in [2.45, 2.75) is 20.0 Å². The molecule has 1 fully saturated rings. The number of aliphatic hydroxyl groups is 1. The van der Waals surface area contributed by atoms with Gasteiger partial charge in [-0.2, -0.15) is 10.4 Å². The van der Waals surface area contributed by atoms with Crippen molar-refractivity contribution >= 4 is 17.4 Å². The third-order valence-electron chi connectivity index (χ3n) is 6.60. The van der Waals surface area contributed by atoms with Crippen molar-refractivity contribution in [1.82, 2.24) is 29.0 Å². The van der Waals surface area contributed by atoms with Crippen molar-refractivity contribution in [1.29, 1.82) is 5.26 Å². The van der Waals surface area contributed by atoms with Gasteiger partial charge in [0.1, 0.15) is 29.3 Å². The minimum Gasteiger partial charge on any atom is -0.383 e. The molecular weight excluding hydrogens is 456 g/mol. The Kier molecular flexibility index (Phi) is 6.16. The number of nitriles is 1. The summed E-state index contributed by atoms with van der Waals surface area (Å²) in [5.74, 6) is 0.505. The van der Waals surface area contributed by atoms with E-state index in [0.29, 0.717) is 37.5 Å². The van der Waals surface area contributed by atoms with E-state index in [9.17, 15) is 15.2 Å². The van der Waals surface area contributed by atoms with Gasteiger partial charge in [0.2, 0.25) is 0 Å². The second-order valence-electron chi connectivity index (χ2n) is 9.39. The molecule has 1 atom stereocenters. The number of carbonyl (C=O) groups is 1. The molecule has 0 saturated carbocycles. The summed E-state index contributed by atoms with van der Waals surface area (Å²) in [6, 6.07) is 10.1. The van der Waals surface area contributed by atoms with E-state index >= 15 is 0 Å². The molecule has 1 N–H and O–H groups in total.